The van der Waals surface area contributed by atoms with Gasteiger partial charge in [-0.2, -0.15) is 0 Å². The number of aromatic nitrogens is 2. The Kier molecular flexibility index (Phi) is 9.14. The van der Waals surface area contributed by atoms with Crippen LogP contribution < -0.4 is 21.7 Å². The standard InChI is InChI=1S/C25H31N7O5/c1-3-14(2)19(32-22(34)20-16-8-5-4-7-15(16)10-12-28-20)23-31-18(13-37-23)21(33)30-17(24(35)36)9-6-11-29-25(26)27/h4-5,7-8,10,12-14,17,19H,3,6,9,11H2,1-2H3,(H,30,33)(H,32,34)(H,35,36)(H4,26,27,29)/t14-,17-,19?/m0/s1. The summed E-state index contributed by atoms with van der Waals surface area (Å²) >= 11 is 0. The third-order valence-electron chi connectivity index (χ3n) is 6.00. The highest BCUT2D eigenvalue weighted by atomic mass is 16.4. The van der Waals surface area contributed by atoms with Gasteiger partial charge in [0.2, 0.25) is 5.89 Å². The van der Waals surface area contributed by atoms with Crippen molar-refractivity contribution in [1.29, 1.82) is 5.41 Å². The highest BCUT2D eigenvalue weighted by Crippen LogP contribution is 2.25. The van der Waals surface area contributed by atoms with E-state index in [0.29, 0.717) is 24.8 Å². The molecule has 196 valence electrons. The molecule has 3 atom stereocenters. The van der Waals surface area contributed by atoms with Gasteiger partial charge in [-0.15, -0.1) is 0 Å². The molecule has 1 aromatic carbocycles. The molecule has 12 nitrogen and oxygen atoms in total. The number of carboxylic acid groups (broad SMARTS) is 1. The van der Waals surface area contributed by atoms with Crippen LogP contribution >= 0.6 is 0 Å². The Morgan fingerprint density at radius 3 is 2.62 bits per heavy atom. The van der Waals surface area contributed by atoms with Gasteiger partial charge in [-0.05, 0) is 30.2 Å². The van der Waals surface area contributed by atoms with Crippen LogP contribution in [0.25, 0.3) is 10.8 Å². The summed E-state index contributed by atoms with van der Waals surface area (Å²) in [5, 5.41) is 26.1. The van der Waals surface area contributed by atoms with Crippen LogP contribution in [0, 0.1) is 11.3 Å². The predicted molar refractivity (Wildman–Crippen MR) is 136 cm³/mol. The van der Waals surface area contributed by atoms with Crippen LogP contribution in [-0.4, -0.2) is 51.4 Å². The second-order valence-electron chi connectivity index (χ2n) is 8.64. The maximum atomic E-state index is 13.2. The predicted octanol–water partition coefficient (Wildman–Crippen LogP) is 2.19. The number of carbonyl (C=O) groups is 3. The monoisotopic (exact) mass is 509 g/mol. The maximum Gasteiger partial charge on any atom is 0.326 e. The molecule has 0 saturated carbocycles. The molecular formula is C25H31N7O5. The molecule has 0 aliphatic heterocycles. The van der Waals surface area contributed by atoms with E-state index in [1.54, 1.807) is 6.20 Å². The highest BCUT2D eigenvalue weighted by molar-refractivity contribution is 6.05. The van der Waals surface area contributed by atoms with Gasteiger partial charge in [0.15, 0.2) is 11.7 Å². The fourth-order valence-electron chi connectivity index (χ4n) is 3.75. The number of carbonyl (C=O) groups excluding carboxylic acids is 2. The van der Waals surface area contributed by atoms with Gasteiger partial charge in [0.25, 0.3) is 11.8 Å². The van der Waals surface area contributed by atoms with Crippen molar-refractivity contribution in [2.75, 3.05) is 6.54 Å². The summed E-state index contributed by atoms with van der Waals surface area (Å²) in [6.07, 6.45) is 3.88. The number of guanidine groups is 1. The van der Waals surface area contributed by atoms with Gasteiger partial charge in [0.1, 0.15) is 24.0 Å². The molecule has 0 radical (unpaired) electrons. The van der Waals surface area contributed by atoms with E-state index in [0.717, 1.165) is 11.6 Å². The van der Waals surface area contributed by atoms with Crippen LogP contribution in [-0.2, 0) is 4.79 Å². The lowest BCUT2D eigenvalue weighted by Gasteiger charge is -2.21. The molecule has 0 saturated heterocycles. The Balaban J connectivity index is 1.74. The van der Waals surface area contributed by atoms with Crippen molar-refractivity contribution in [2.45, 2.75) is 45.2 Å². The number of aliphatic carboxylic acids is 1. The molecule has 3 rings (SSSR count). The molecule has 0 bridgehead atoms. The van der Waals surface area contributed by atoms with Gasteiger partial charge in [-0.25, -0.2) is 9.78 Å². The smallest absolute Gasteiger partial charge is 0.326 e. The summed E-state index contributed by atoms with van der Waals surface area (Å²) in [4.78, 5) is 46.0. The van der Waals surface area contributed by atoms with E-state index in [4.69, 9.17) is 15.6 Å². The Morgan fingerprint density at radius 2 is 1.92 bits per heavy atom. The number of nitrogens with two attached hydrogens (primary N) is 1. The van der Waals surface area contributed by atoms with Gasteiger partial charge >= 0.3 is 5.97 Å². The topological polar surface area (TPSA) is 196 Å². The van der Waals surface area contributed by atoms with Crippen LogP contribution in [0.5, 0.6) is 0 Å². The SMILES string of the molecule is CC[C@H](C)C(NC(=O)c1nccc2ccccc12)c1nc(C(=O)N[C@@H](CCCNC(=N)N)C(=O)O)co1. The van der Waals surface area contributed by atoms with E-state index in [2.05, 4.69) is 25.9 Å². The lowest BCUT2D eigenvalue weighted by molar-refractivity contribution is -0.139. The average Bonchev–Trinajstić information content (AvgIpc) is 3.38. The normalized spacial score (nSPS) is 13.4. The van der Waals surface area contributed by atoms with Crippen LogP contribution in [0.1, 0.15) is 66.0 Å². The summed E-state index contributed by atoms with van der Waals surface area (Å²) in [5.74, 6) is -2.50. The quantitative estimate of drug-likeness (QED) is 0.120. The summed E-state index contributed by atoms with van der Waals surface area (Å²) in [7, 11) is 0. The lowest BCUT2D eigenvalue weighted by atomic mass is 9.98. The van der Waals surface area contributed by atoms with E-state index in [9.17, 15) is 19.5 Å². The number of nitrogens with one attached hydrogen (secondary N) is 4. The Labute approximate surface area is 213 Å². The van der Waals surface area contributed by atoms with Gasteiger partial charge in [0.05, 0.1) is 0 Å². The van der Waals surface area contributed by atoms with Crippen molar-refractivity contribution in [3.8, 4) is 0 Å². The molecule has 0 aliphatic rings. The molecule has 2 aromatic heterocycles. The maximum absolute atomic E-state index is 13.2. The number of oxazole rings is 1. The zero-order chi connectivity index (χ0) is 26.9. The fourth-order valence-corrected chi connectivity index (χ4v) is 3.75. The first-order chi connectivity index (χ1) is 17.7. The Hall–Kier alpha value is -4.48. The number of pyridine rings is 1. The molecule has 37 heavy (non-hydrogen) atoms. The second kappa shape index (κ2) is 12.5. The lowest BCUT2D eigenvalue weighted by Crippen LogP contribution is -2.41. The van der Waals surface area contributed by atoms with Gasteiger partial charge in [-0.1, -0.05) is 44.5 Å². The van der Waals surface area contributed by atoms with E-state index in [1.807, 2.05) is 44.2 Å². The number of hydrogen-bond acceptors (Lipinski definition) is 7. The first-order valence-corrected chi connectivity index (χ1v) is 11.9. The number of amides is 2. The summed E-state index contributed by atoms with van der Waals surface area (Å²) < 4.78 is 5.56. The molecule has 3 aromatic rings. The van der Waals surface area contributed by atoms with Crippen molar-refractivity contribution in [1.82, 2.24) is 25.9 Å². The zero-order valence-corrected chi connectivity index (χ0v) is 20.7. The molecule has 0 aliphatic carbocycles. The molecule has 0 spiro atoms. The third-order valence-corrected chi connectivity index (χ3v) is 6.00. The minimum absolute atomic E-state index is 0.0889. The molecule has 2 heterocycles. The van der Waals surface area contributed by atoms with E-state index < -0.39 is 29.9 Å². The zero-order valence-electron chi connectivity index (χ0n) is 20.7. The van der Waals surface area contributed by atoms with E-state index >= 15 is 0 Å². The van der Waals surface area contributed by atoms with E-state index in [1.165, 1.54) is 0 Å². The van der Waals surface area contributed by atoms with Gasteiger partial charge in [-0.3, -0.25) is 20.0 Å². The molecule has 12 heteroatoms. The van der Waals surface area contributed by atoms with Crippen molar-refractivity contribution in [3.63, 3.8) is 0 Å². The number of nitrogens with zero attached hydrogens (tertiary/aromatic N) is 2. The molecular weight excluding hydrogens is 478 g/mol. The second-order valence-corrected chi connectivity index (χ2v) is 8.64. The Bertz CT molecular complexity index is 1270. The van der Waals surface area contributed by atoms with Crippen molar-refractivity contribution >= 4 is 34.5 Å². The van der Waals surface area contributed by atoms with Crippen molar-refractivity contribution < 1.29 is 23.9 Å². The largest absolute Gasteiger partial charge is 0.480 e. The number of fused-ring (bicyclic) bond motifs is 1. The Morgan fingerprint density at radius 1 is 1.16 bits per heavy atom. The highest BCUT2D eigenvalue weighted by Gasteiger charge is 2.29. The fraction of sp³-hybridized carbons (Fsp3) is 0.360. The minimum Gasteiger partial charge on any atom is -0.480 e. The molecule has 2 amide bonds. The van der Waals surface area contributed by atoms with Gasteiger partial charge in [0, 0.05) is 18.1 Å². The van der Waals surface area contributed by atoms with Crippen molar-refractivity contribution in [3.05, 3.63) is 60.1 Å². The minimum atomic E-state index is -1.20. The van der Waals surface area contributed by atoms with Crippen LogP contribution in [0.3, 0.4) is 0 Å². The third kappa shape index (κ3) is 7.03. The first kappa shape index (κ1) is 27.1. The average molecular weight is 510 g/mol. The van der Waals surface area contributed by atoms with Crippen LogP contribution in [0.15, 0.2) is 47.2 Å². The van der Waals surface area contributed by atoms with Crippen LogP contribution in [0.4, 0.5) is 0 Å². The van der Waals surface area contributed by atoms with E-state index in [-0.39, 0.29) is 35.6 Å². The molecule has 0 fully saturated rings. The number of hydrogen-bond donors (Lipinski definition) is 6. The molecule has 7 N–H and O–H groups in total. The first-order valence-electron chi connectivity index (χ1n) is 11.9. The number of benzene rings is 1. The van der Waals surface area contributed by atoms with Gasteiger partial charge < -0.3 is 31.2 Å². The number of carboxylic acids is 1. The summed E-state index contributed by atoms with van der Waals surface area (Å²) in [6.45, 7) is 4.17. The summed E-state index contributed by atoms with van der Waals surface area (Å²) in [5.41, 5.74) is 5.37. The van der Waals surface area contributed by atoms with Crippen molar-refractivity contribution in [2.24, 2.45) is 11.7 Å². The molecule has 1 unspecified atom stereocenters. The summed E-state index contributed by atoms with van der Waals surface area (Å²) in [6, 6.07) is 7.43. The number of rotatable bonds is 12. The van der Waals surface area contributed by atoms with Crippen LogP contribution in [0.2, 0.25) is 0 Å².